The summed E-state index contributed by atoms with van der Waals surface area (Å²) in [5.74, 6) is -0.372. The quantitative estimate of drug-likeness (QED) is 0.780. The molecule has 0 bridgehead atoms. The molecule has 1 saturated carbocycles. The summed E-state index contributed by atoms with van der Waals surface area (Å²) in [6.45, 7) is 2.24. The zero-order chi connectivity index (χ0) is 17.9. The minimum Gasteiger partial charge on any atom is -0.326 e. The van der Waals surface area contributed by atoms with Crippen molar-refractivity contribution >= 4 is 23.5 Å². The Hall–Kier alpha value is -2.37. The summed E-state index contributed by atoms with van der Waals surface area (Å²) >= 11 is 0. The number of amides is 4. The van der Waals surface area contributed by atoms with Gasteiger partial charge in [-0.2, -0.15) is 0 Å². The van der Waals surface area contributed by atoms with Crippen molar-refractivity contribution in [2.45, 2.75) is 57.4 Å². The lowest BCUT2D eigenvalue weighted by atomic mass is 9.98. The molecule has 1 aliphatic heterocycles. The number of urea groups is 1. The van der Waals surface area contributed by atoms with E-state index in [2.05, 4.69) is 17.6 Å². The number of carbonyl (C=O) groups is 3. The molecule has 1 aromatic carbocycles. The zero-order valence-electron chi connectivity index (χ0n) is 14.6. The Labute approximate surface area is 148 Å². The van der Waals surface area contributed by atoms with E-state index in [-0.39, 0.29) is 30.8 Å². The first-order valence-electron chi connectivity index (χ1n) is 9.07. The zero-order valence-corrected chi connectivity index (χ0v) is 14.6. The van der Waals surface area contributed by atoms with Crippen LogP contribution >= 0.6 is 0 Å². The molecule has 2 fully saturated rings. The molecule has 134 valence electrons. The molecule has 4 amide bonds. The van der Waals surface area contributed by atoms with Gasteiger partial charge in [0.25, 0.3) is 5.91 Å². The number of imide groups is 1. The Morgan fingerprint density at radius 3 is 2.52 bits per heavy atom. The van der Waals surface area contributed by atoms with E-state index < -0.39 is 5.54 Å². The highest BCUT2D eigenvalue weighted by molar-refractivity contribution is 6.07. The molecule has 2 N–H and O–H groups in total. The number of nitrogens with one attached hydrogen (secondary N) is 2. The summed E-state index contributed by atoms with van der Waals surface area (Å²) in [6, 6.07) is 7.39. The van der Waals surface area contributed by atoms with Gasteiger partial charge in [0.1, 0.15) is 5.54 Å². The summed E-state index contributed by atoms with van der Waals surface area (Å²) in [5.41, 5.74) is 1.26. The number of anilines is 1. The monoisotopic (exact) mass is 343 g/mol. The van der Waals surface area contributed by atoms with Crippen molar-refractivity contribution in [3.05, 3.63) is 29.8 Å². The van der Waals surface area contributed by atoms with Gasteiger partial charge >= 0.3 is 6.03 Å². The van der Waals surface area contributed by atoms with Gasteiger partial charge in [0.2, 0.25) is 5.91 Å². The van der Waals surface area contributed by atoms with Crippen LogP contribution in [0.4, 0.5) is 10.5 Å². The summed E-state index contributed by atoms with van der Waals surface area (Å²) in [5, 5.41) is 5.64. The van der Waals surface area contributed by atoms with Crippen molar-refractivity contribution in [3.63, 3.8) is 0 Å². The second kappa shape index (κ2) is 7.25. The fourth-order valence-electron chi connectivity index (χ4n) is 3.68. The molecule has 1 aliphatic carbocycles. The van der Waals surface area contributed by atoms with Crippen molar-refractivity contribution in [3.8, 4) is 0 Å². The molecule has 0 atom stereocenters. The van der Waals surface area contributed by atoms with E-state index in [0.29, 0.717) is 12.8 Å². The summed E-state index contributed by atoms with van der Waals surface area (Å²) in [7, 11) is 0. The van der Waals surface area contributed by atoms with Gasteiger partial charge in [-0.25, -0.2) is 4.79 Å². The second-order valence-corrected chi connectivity index (χ2v) is 6.92. The highest BCUT2D eigenvalue weighted by Crippen LogP contribution is 2.35. The van der Waals surface area contributed by atoms with Crippen molar-refractivity contribution in [2.75, 3.05) is 11.9 Å². The smallest absolute Gasteiger partial charge is 0.325 e. The third-order valence-electron chi connectivity index (χ3n) is 5.04. The van der Waals surface area contributed by atoms with Gasteiger partial charge in [0.15, 0.2) is 0 Å². The maximum atomic E-state index is 12.5. The first-order chi connectivity index (χ1) is 12.0. The fraction of sp³-hybridized carbons (Fsp3) is 0.526. The standard InChI is InChI=1S/C19H25N3O3/c1-2-5-14-6-8-15(9-7-14)20-16(23)10-13-22-17(24)19(21-18(22)25)11-3-4-12-19/h6-9H,2-5,10-13H2,1H3,(H,20,23)(H,21,25). The van der Waals surface area contributed by atoms with E-state index in [0.717, 1.165) is 31.4 Å². The van der Waals surface area contributed by atoms with Crippen LogP contribution in [0.2, 0.25) is 0 Å². The predicted octanol–water partition coefficient (Wildman–Crippen LogP) is 2.83. The number of hydrogen-bond donors (Lipinski definition) is 2. The van der Waals surface area contributed by atoms with Gasteiger partial charge < -0.3 is 10.6 Å². The van der Waals surface area contributed by atoms with E-state index in [9.17, 15) is 14.4 Å². The molecule has 1 saturated heterocycles. The first-order valence-corrected chi connectivity index (χ1v) is 9.07. The van der Waals surface area contributed by atoms with Crippen LogP contribution in [-0.4, -0.2) is 34.8 Å². The molecular formula is C19H25N3O3. The molecule has 0 aromatic heterocycles. The third-order valence-corrected chi connectivity index (χ3v) is 5.04. The Balaban J connectivity index is 1.52. The van der Waals surface area contributed by atoms with Crippen LogP contribution in [0.5, 0.6) is 0 Å². The normalized spacial score (nSPS) is 18.7. The Kier molecular flexibility index (Phi) is 5.06. The maximum absolute atomic E-state index is 12.5. The molecule has 25 heavy (non-hydrogen) atoms. The summed E-state index contributed by atoms with van der Waals surface area (Å²) in [6.07, 6.45) is 5.50. The lowest BCUT2D eigenvalue weighted by Crippen LogP contribution is -2.44. The predicted molar refractivity (Wildman–Crippen MR) is 95.1 cm³/mol. The minimum absolute atomic E-state index is 0.103. The SMILES string of the molecule is CCCc1ccc(NC(=O)CCN2C(=O)NC3(CCCC3)C2=O)cc1. The van der Waals surface area contributed by atoms with Crippen LogP contribution in [0.15, 0.2) is 24.3 Å². The number of aryl methyl sites for hydroxylation is 1. The Morgan fingerprint density at radius 2 is 1.88 bits per heavy atom. The highest BCUT2D eigenvalue weighted by atomic mass is 16.2. The van der Waals surface area contributed by atoms with E-state index >= 15 is 0 Å². The summed E-state index contributed by atoms with van der Waals surface area (Å²) in [4.78, 5) is 37.9. The van der Waals surface area contributed by atoms with Gasteiger partial charge in [-0.05, 0) is 37.0 Å². The van der Waals surface area contributed by atoms with E-state index in [1.54, 1.807) is 0 Å². The number of rotatable bonds is 6. The van der Waals surface area contributed by atoms with Gasteiger partial charge in [-0.1, -0.05) is 38.3 Å². The molecule has 0 radical (unpaired) electrons. The van der Waals surface area contributed by atoms with Gasteiger partial charge in [-0.15, -0.1) is 0 Å². The first kappa shape index (κ1) is 17.5. The minimum atomic E-state index is -0.706. The highest BCUT2D eigenvalue weighted by Gasteiger charge is 2.52. The number of carbonyl (C=O) groups excluding carboxylic acids is 3. The van der Waals surface area contributed by atoms with Crippen LogP contribution in [-0.2, 0) is 16.0 Å². The van der Waals surface area contributed by atoms with Gasteiger partial charge in [-0.3, -0.25) is 14.5 Å². The molecule has 1 heterocycles. The lowest BCUT2D eigenvalue weighted by molar-refractivity contribution is -0.131. The molecule has 3 rings (SSSR count). The fourth-order valence-corrected chi connectivity index (χ4v) is 3.68. The second-order valence-electron chi connectivity index (χ2n) is 6.92. The molecular weight excluding hydrogens is 318 g/mol. The van der Waals surface area contributed by atoms with Crippen molar-refractivity contribution in [1.82, 2.24) is 10.2 Å². The Morgan fingerprint density at radius 1 is 1.20 bits per heavy atom. The number of hydrogen-bond acceptors (Lipinski definition) is 3. The molecule has 0 unspecified atom stereocenters. The third kappa shape index (κ3) is 3.67. The van der Waals surface area contributed by atoms with E-state index in [1.807, 2.05) is 24.3 Å². The van der Waals surface area contributed by atoms with Crippen LogP contribution in [0.25, 0.3) is 0 Å². The number of nitrogens with zero attached hydrogens (tertiary/aromatic N) is 1. The average Bonchev–Trinajstić information content (AvgIpc) is 3.14. The maximum Gasteiger partial charge on any atom is 0.325 e. The largest absolute Gasteiger partial charge is 0.326 e. The van der Waals surface area contributed by atoms with Crippen LogP contribution in [0.1, 0.15) is 51.0 Å². The van der Waals surface area contributed by atoms with Crippen molar-refractivity contribution < 1.29 is 14.4 Å². The van der Waals surface area contributed by atoms with E-state index in [4.69, 9.17) is 0 Å². The molecule has 6 heteroatoms. The van der Waals surface area contributed by atoms with E-state index in [1.165, 1.54) is 10.5 Å². The van der Waals surface area contributed by atoms with Gasteiger partial charge in [0, 0.05) is 18.7 Å². The van der Waals surface area contributed by atoms with Crippen LogP contribution < -0.4 is 10.6 Å². The summed E-state index contributed by atoms with van der Waals surface area (Å²) < 4.78 is 0. The average molecular weight is 343 g/mol. The topological polar surface area (TPSA) is 78.5 Å². The lowest BCUT2D eigenvalue weighted by Gasteiger charge is -2.19. The van der Waals surface area contributed by atoms with Crippen molar-refractivity contribution in [1.29, 1.82) is 0 Å². The van der Waals surface area contributed by atoms with Crippen molar-refractivity contribution in [2.24, 2.45) is 0 Å². The van der Waals surface area contributed by atoms with Gasteiger partial charge in [0.05, 0.1) is 0 Å². The molecule has 2 aliphatic rings. The Bertz CT molecular complexity index is 663. The number of benzene rings is 1. The van der Waals surface area contributed by atoms with Crippen LogP contribution in [0.3, 0.4) is 0 Å². The van der Waals surface area contributed by atoms with Crippen LogP contribution in [0, 0.1) is 0 Å². The molecule has 6 nitrogen and oxygen atoms in total. The molecule has 1 spiro atoms. The molecule has 1 aromatic rings.